The third-order valence-corrected chi connectivity index (χ3v) is 5.27. The molecule has 1 aromatic carbocycles. The predicted molar refractivity (Wildman–Crippen MR) is 106 cm³/mol. The van der Waals surface area contributed by atoms with Crippen molar-refractivity contribution in [3.63, 3.8) is 0 Å². The maximum absolute atomic E-state index is 12.8. The first kappa shape index (κ1) is 18.1. The second-order valence-corrected chi connectivity index (χ2v) is 7.09. The van der Waals surface area contributed by atoms with Crippen LogP contribution in [0, 0.1) is 13.8 Å². The average Bonchev–Trinajstić information content (AvgIpc) is 3.37. The van der Waals surface area contributed by atoms with E-state index in [1.165, 1.54) is 12.5 Å². The fraction of sp³-hybridized carbons (Fsp3) is 0.273. The summed E-state index contributed by atoms with van der Waals surface area (Å²) in [5.41, 5.74) is 4.59. The Morgan fingerprint density at radius 1 is 0.750 bits per heavy atom. The Bertz CT molecular complexity index is 959. The van der Waals surface area contributed by atoms with E-state index in [0.29, 0.717) is 37.3 Å². The van der Waals surface area contributed by atoms with Crippen molar-refractivity contribution in [2.75, 3.05) is 26.2 Å². The molecule has 3 heterocycles. The van der Waals surface area contributed by atoms with Crippen molar-refractivity contribution in [1.29, 1.82) is 0 Å². The van der Waals surface area contributed by atoms with Crippen molar-refractivity contribution in [3.8, 4) is 5.69 Å². The molecule has 0 saturated carbocycles. The molecule has 0 spiro atoms. The lowest BCUT2D eigenvalue weighted by Gasteiger charge is -2.34. The largest absolute Gasteiger partial charge is 0.472 e. The maximum atomic E-state index is 12.8. The molecule has 144 valence electrons. The number of hydrogen-bond acceptors (Lipinski definition) is 3. The molecular formula is C22H23N3O3. The molecule has 0 bridgehead atoms. The first-order valence-electron chi connectivity index (χ1n) is 9.41. The van der Waals surface area contributed by atoms with Crippen LogP contribution in [0.5, 0.6) is 0 Å². The lowest BCUT2D eigenvalue weighted by Crippen LogP contribution is -2.50. The van der Waals surface area contributed by atoms with Crippen LogP contribution in [0.3, 0.4) is 0 Å². The minimum atomic E-state index is -0.0531. The van der Waals surface area contributed by atoms with Crippen molar-refractivity contribution in [2.45, 2.75) is 13.8 Å². The molecule has 6 nitrogen and oxygen atoms in total. The standard InChI is InChI=1S/C22H23N3O3/c1-16-3-4-17(2)25(16)20-7-5-18(6-8-20)21(26)23-10-12-24(13-11-23)22(27)19-9-14-28-15-19/h3-9,14-15H,10-13H2,1-2H3. The summed E-state index contributed by atoms with van der Waals surface area (Å²) in [6.45, 7) is 6.23. The summed E-state index contributed by atoms with van der Waals surface area (Å²) in [7, 11) is 0. The first-order valence-corrected chi connectivity index (χ1v) is 9.41. The zero-order valence-electron chi connectivity index (χ0n) is 16.1. The van der Waals surface area contributed by atoms with Crippen molar-refractivity contribution in [1.82, 2.24) is 14.4 Å². The lowest BCUT2D eigenvalue weighted by molar-refractivity contribution is 0.0535. The lowest BCUT2D eigenvalue weighted by atomic mass is 10.1. The highest BCUT2D eigenvalue weighted by Crippen LogP contribution is 2.18. The number of benzene rings is 1. The maximum Gasteiger partial charge on any atom is 0.257 e. The first-order chi connectivity index (χ1) is 13.5. The summed E-state index contributed by atoms with van der Waals surface area (Å²) < 4.78 is 7.14. The van der Waals surface area contributed by atoms with E-state index in [-0.39, 0.29) is 11.8 Å². The van der Waals surface area contributed by atoms with Gasteiger partial charge in [0.25, 0.3) is 11.8 Å². The number of piperazine rings is 1. The number of hydrogen-bond donors (Lipinski definition) is 0. The SMILES string of the molecule is Cc1ccc(C)n1-c1ccc(C(=O)N2CCN(C(=O)c3ccoc3)CC2)cc1. The van der Waals surface area contributed by atoms with Gasteiger partial charge in [0.05, 0.1) is 11.8 Å². The van der Waals surface area contributed by atoms with E-state index in [0.717, 1.165) is 17.1 Å². The Hall–Kier alpha value is -3.28. The van der Waals surface area contributed by atoms with Gasteiger partial charge in [0.2, 0.25) is 0 Å². The van der Waals surface area contributed by atoms with E-state index < -0.39 is 0 Å². The van der Waals surface area contributed by atoms with Gasteiger partial charge >= 0.3 is 0 Å². The van der Waals surface area contributed by atoms with Crippen LogP contribution in [0.4, 0.5) is 0 Å². The number of rotatable bonds is 3. The molecule has 1 aliphatic heterocycles. The third kappa shape index (κ3) is 3.33. The Labute approximate surface area is 164 Å². The van der Waals surface area contributed by atoms with Gasteiger partial charge in [-0.05, 0) is 56.3 Å². The number of nitrogens with zero attached hydrogens (tertiary/aromatic N) is 3. The summed E-state index contributed by atoms with van der Waals surface area (Å²) in [4.78, 5) is 28.8. The van der Waals surface area contributed by atoms with Crippen molar-refractivity contribution >= 4 is 11.8 Å². The highest BCUT2D eigenvalue weighted by Gasteiger charge is 2.26. The van der Waals surface area contributed by atoms with Gasteiger partial charge in [-0.3, -0.25) is 9.59 Å². The Balaban J connectivity index is 1.41. The van der Waals surface area contributed by atoms with Crippen molar-refractivity contribution in [2.24, 2.45) is 0 Å². The second-order valence-electron chi connectivity index (χ2n) is 7.09. The molecule has 1 saturated heterocycles. The van der Waals surface area contributed by atoms with Crippen LogP contribution >= 0.6 is 0 Å². The van der Waals surface area contributed by atoms with Crippen LogP contribution in [-0.2, 0) is 0 Å². The fourth-order valence-corrected chi connectivity index (χ4v) is 3.69. The molecule has 0 atom stereocenters. The number of carbonyl (C=O) groups is 2. The molecule has 1 fully saturated rings. The fourth-order valence-electron chi connectivity index (χ4n) is 3.69. The van der Waals surface area contributed by atoms with Gasteiger partial charge in [-0.25, -0.2) is 0 Å². The zero-order valence-corrected chi connectivity index (χ0v) is 16.1. The van der Waals surface area contributed by atoms with Crippen LogP contribution < -0.4 is 0 Å². The quantitative estimate of drug-likeness (QED) is 0.704. The van der Waals surface area contributed by atoms with E-state index in [4.69, 9.17) is 4.42 Å². The topological polar surface area (TPSA) is 58.7 Å². The van der Waals surface area contributed by atoms with E-state index >= 15 is 0 Å². The Morgan fingerprint density at radius 2 is 1.29 bits per heavy atom. The second kappa shape index (κ2) is 7.38. The normalized spacial score (nSPS) is 14.4. The van der Waals surface area contributed by atoms with Crippen molar-refractivity contribution < 1.29 is 14.0 Å². The van der Waals surface area contributed by atoms with Gasteiger partial charge in [-0.1, -0.05) is 0 Å². The third-order valence-electron chi connectivity index (χ3n) is 5.27. The highest BCUT2D eigenvalue weighted by molar-refractivity contribution is 5.96. The molecule has 2 aromatic heterocycles. The molecule has 6 heteroatoms. The summed E-state index contributed by atoms with van der Waals surface area (Å²) >= 11 is 0. The van der Waals surface area contributed by atoms with Crippen LogP contribution in [0.1, 0.15) is 32.1 Å². The monoisotopic (exact) mass is 377 g/mol. The van der Waals surface area contributed by atoms with E-state index in [1.54, 1.807) is 15.9 Å². The molecule has 28 heavy (non-hydrogen) atoms. The number of carbonyl (C=O) groups excluding carboxylic acids is 2. The molecular weight excluding hydrogens is 354 g/mol. The van der Waals surface area contributed by atoms with Gasteiger partial charge < -0.3 is 18.8 Å². The summed E-state index contributed by atoms with van der Waals surface area (Å²) in [6.07, 6.45) is 2.95. The number of aryl methyl sites for hydroxylation is 2. The van der Waals surface area contributed by atoms with Crippen LogP contribution in [-0.4, -0.2) is 52.4 Å². The van der Waals surface area contributed by atoms with Crippen LogP contribution in [0.2, 0.25) is 0 Å². The average molecular weight is 377 g/mol. The number of furan rings is 1. The van der Waals surface area contributed by atoms with Gasteiger partial charge in [-0.2, -0.15) is 0 Å². The molecule has 0 aliphatic carbocycles. The molecule has 0 radical (unpaired) electrons. The van der Waals surface area contributed by atoms with Crippen LogP contribution in [0.25, 0.3) is 5.69 Å². The summed E-state index contributed by atoms with van der Waals surface area (Å²) in [6, 6.07) is 13.5. The molecule has 0 N–H and O–H groups in total. The van der Waals surface area contributed by atoms with Gasteiger partial charge in [0, 0.05) is 48.8 Å². The van der Waals surface area contributed by atoms with E-state index in [2.05, 4.69) is 30.5 Å². The Morgan fingerprint density at radius 3 is 1.79 bits per heavy atom. The van der Waals surface area contributed by atoms with Gasteiger partial charge in [0.15, 0.2) is 0 Å². The zero-order chi connectivity index (χ0) is 19.7. The molecule has 2 amide bonds. The van der Waals surface area contributed by atoms with Gasteiger partial charge in [-0.15, -0.1) is 0 Å². The minimum Gasteiger partial charge on any atom is -0.472 e. The molecule has 0 unspecified atom stereocenters. The van der Waals surface area contributed by atoms with Crippen molar-refractivity contribution in [3.05, 3.63) is 77.5 Å². The van der Waals surface area contributed by atoms with E-state index in [9.17, 15) is 9.59 Å². The number of aromatic nitrogens is 1. The molecule has 3 aromatic rings. The predicted octanol–water partition coefficient (Wildman–Crippen LogP) is 3.29. The highest BCUT2D eigenvalue weighted by atomic mass is 16.3. The van der Waals surface area contributed by atoms with Crippen LogP contribution in [0.15, 0.2) is 59.4 Å². The number of amides is 2. The smallest absolute Gasteiger partial charge is 0.257 e. The Kier molecular flexibility index (Phi) is 4.77. The van der Waals surface area contributed by atoms with E-state index in [1.807, 2.05) is 24.3 Å². The molecule has 1 aliphatic rings. The summed E-state index contributed by atoms with van der Waals surface area (Å²) in [5, 5.41) is 0. The minimum absolute atomic E-state index is 0.00269. The summed E-state index contributed by atoms with van der Waals surface area (Å²) in [5.74, 6) is -0.0504. The van der Waals surface area contributed by atoms with Gasteiger partial charge in [0.1, 0.15) is 6.26 Å². The molecule has 4 rings (SSSR count).